The van der Waals surface area contributed by atoms with E-state index in [0.717, 1.165) is 34.1 Å². The maximum Gasteiger partial charge on any atom is 0.231 e. The number of aromatic amines is 1. The van der Waals surface area contributed by atoms with Crippen LogP contribution in [0.4, 0.5) is 0 Å². The van der Waals surface area contributed by atoms with Crippen molar-refractivity contribution in [3.63, 3.8) is 0 Å². The lowest BCUT2D eigenvalue weighted by molar-refractivity contribution is 0.174. The van der Waals surface area contributed by atoms with Crippen molar-refractivity contribution in [1.29, 1.82) is 0 Å². The molecule has 0 fully saturated rings. The first-order valence-electron chi connectivity index (χ1n) is 6.26. The minimum atomic E-state index is 0.270. The zero-order chi connectivity index (χ0) is 13.4. The summed E-state index contributed by atoms with van der Waals surface area (Å²) in [6.07, 6.45) is 3.43. The fraction of sp³-hybridized carbons (Fsp3) is 0.0667. The predicted octanol–water partition coefficient (Wildman–Crippen LogP) is 2.87. The lowest BCUT2D eigenvalue weighted by atomic mass is 10.1. The second-order valence-corrected chi connectivity index (χ2v) is 4.41. The molecule has 4 rings (SSSR count). The van der Waals surface area contributed by atoms with Crippen molar-refractivity contribution in [3.8, 4) is 34.1 Å². The number of nitrogens with zero attached hydrogens (tertiary/aromatic N) is 2. The maximum atomic E-state index is 5.41. The Hall–Kier alpha value is -2.82. The highest BCUT2D eigenvalue weighted by Crippen LogP contribution is 2.37. The number of rotatable bonds is 2. The topological polar surface area (TPSA) is 60.0 Å². The first-order valence-corrected chi connectivity index (χ1v) is 6.26. The average molecular weight is 265 g/mol. The number of hydrogen-bond donors (Lipinski definition) is 1. The number of fused-ring (bicyclic) bond motifs is 1. The van der Waals surface area contributed by atoms with Gasteiger partial charge in [-0.1, -0.05) is 6.07 Å². The van der Waals surface area contributed by atoms with Crippen LogP contribution in [0.2, 0.25) is 0 Å². The Morgan fingerprint density at radius 1 is 1.00 bits per heavy atom. The van der Waals surface area contributed by atoms with Crippen LogP contribution in [-0.2, 0) is 0 Å². The van der Waals surface area contributed by atoms with Gasteiger partial charge < -0.3 is 14.5 Å². The third-order valence-corrected chi connectivity index (χ3v) is 3.21. The van der Waals surface area contributed by atoms with E-state index < -0.39 is 0 Å². The Morgan fingerprint density at radius 2 is 1.95 bits per heavy atom. The Kier molecular flexibility index (Phi) is 2.42. The summed E-state index contributed by atoms with van der Waals surface area (Å²) < 4.78 is 10.7. The molecule has 2 aromatic heterocycles. The van der Waals surface area contributed by atoms with E-state index in [9.17, 15) is 0 Å². The van der Waals surface area contributed by atoms with E-state index >= 15 is 0 Å². The highest BCUT2D eigenvalue weighted by Gasteiger charge is 2.17. The van der Waals surface area contributed by atoms with Gasteiger partial charge in [0.15, 0.2) is 11.5 Å². The molecule has 1 aliphatic heterocycles. The van der Waals surface area contributed by atoms with Gasteiger partial charge in [0.25, 0.3) is 0 Å². The molecule has 0 spiro atoms. The van der Waals surface area contributed by atoms with Gasteiger partial charge in [-0.3, -0.25) is 4.98 Å². The summed E-state index contributed by atoms with van der Waals surface area (Å²) >= 11 is 0. The van der Waals surface area contributed by atoms with Gasteiger partial charge in [0.2, 0.25) is 6.79 Å². The molecule has 20 heavy (non-hydrogen) atoms. The molecule has 0 unspecified atom stereocenters. The molecule has 98 valence electrons. The minimum absolute atomic E-state index is 0.270. The number of pyridine rings is 1. The van der Waals surface area contributed by atoms with Crippen LogP contribution in [0.25, 0.3) is 22.6 Å². The van der Waals surface area contributed by atoms with E-state index in [1.165, 1.54) is 0 Å². The average Bonchev–Trinajstić information content (AvgIpc) is 3.16. The summed E-state index contributed by atoms with van der Waals surface area (Å²) in [6, 6.07) is 11.6. The molecule has 0 saturated carbocycles. The summed E-state index contributed by atoms with van der Waals surface area (Å²) in [5, 5.41) is 0. The van der Waals surface area contributed by atoms with E-state index in [4.69, 9.17) is 9.47 Å². The third-order valence-electron chi connectivity index (χ3n) is 3.21. The Balaban J connectivity index is 1.82. The van der Waals surface area contributed by atoms with Crippen LogP contribution in [0, 0.1) is 0 Å². The van der Waals surface area contributed by atoms with Crippen LogP contribution >= 0.6 is 0 Å². The van der Waals surface area contributed by atoms with Gasteiger partial charge in [0, 0.05) is 11.8 Å². The van der Waals surface area contributed by atoms with E-state index in [1.807, 2.05) is 36.4 Å². The zero-order valence-corrected chi connectivity index (χ0v) is 10.5. The first kappa shape index (κ1) is 11.0. The zero-order valence-electron chi connectivity index (χ0n) is 10.5. The minimum Gasteiger partial charge on any atom is -0.454 e. The second kappa shape index (κ2) is 4.38. The predicted molar refractivity (Wildman–Crippen MR) is 73.4 cm³/mol. The molecular formula is C15H11N3O2. The summed E-state index contributed by atoms with van der Waals surface area (Å²) in [4.78, 5) is 11.9. The molecule has 5 nitrogen and oxygen atoms in total. The van der Waals surface area contributed by atoms with Gasteiger partial charge in [-0.05, 0) is 30.3 Å². The molecule has 1 N–H and O–H groups in total. The number of H-pyrrole nitrogens is 1. The van der Waals surface area contributed by atoms with Crippen LogP contribution in [0.15, 0.2) is 48.9 Å². The van der Waals surface area contributed by atoms with Gasteiger partial charge in [-0.15, -0.1) is 0 Å². The van der Waals surface area contributed by atoms with Gasteiger partial charge in [0.1, 0.15) is 0 Å². The van der Waals surface area contributed by atoms with Crippen molar-refractivity contribution in [3.05, 3.63) is 48.9 Å². The van der Waals surface area contributed by atoms with Crippen molar-refractivity contribution >= 4 is 0 Å². The van der Waals surface area contributed by atoms with Crippen molar-refractivity contribution in [2.45, 2.75) is 0 Å². The van der Waals surface area contributed by atoms with E-state index in [-0.39, 0.29) is 6.79 Å². The van der Waals surface area contributed by atoms with Crippen molar-refractivity contribution in [1.82, 2.24) is 15.0 Å². The molecule has 5 heteroatoms. The van der Waals surface area contributed by atoms with Crippen LogP contribution in [0.1, 0.15) is 0 Å². The fourth-order valence-corrected chi connectivity index (χ4v) is 2.26. The SMILES string of the molecule is c1ccc(-c2[nH]cnc2-c2ccc3c(c2)OCO3)nc1. The smallest absolute Gasteiger partial charge is 0.231 e. The van der Waals surface area contributed by atoms with Crippen molar-refractivity contribution < 1.29 is 9.47 Å². The van der Waals surface area contributed by atoms with Gasteiger partial charge >= 0.3 is 0 Å². The molecule has 0 amide bonds. The standard InChI is InChI=1S/C15H11N3O2/c1-2-6-16-11(3-1)15-14(17-8-18-15)10-4-5-12-13(7-10)20-9-19-12/h1-8H,9H2,(H,17,18). The van der Waals surface area contributed by atoms with Crippen LogP contribution in [0.3, 0.4) is 0 Å². The maximum absolute atomic E-state index is 5.41. The normalized spacial score (nSPS) is 12.6. The number of aromatic nitrogens is 3. The Bertz CT molecular complexity index is 753. The lowest BCUT2D eigenvalue weighted by Gasteiger charge is -2.03. The summed E-state index contributed by atoms with van der Waals surface area (Å²) in [7, 11) is 0. The van der Waals surface area contributed by atoms with Crippen LogP contribution in [-0.4, -0.2) is 21.7 Å². The largest absolute Gasteiger partial charge is 0.454 e. The molecule has 1 aromatic carbocycles. The Labute approximate surface area is 115 Å². The van der Waals surface area contributed by atoms with Gasteiger partial charge in [0.05, 0.1) is 23.4 Å². The molecule has 0 radical (unpaired) electrons. The Morgan fingerprint density at radius 3 is 2.85 bits per heavy atom. The molecule has 1 aliphatic rings. The number of nitrogens with one attached hydrogen (secondary N) is 1. The molecule has 0 atom stereocenters. The summed E-state index contributed by atoms with van der Waals surface area (Å²) in [5.41, 5.74) is 3.57. The molecule has 0 saturated heterocycles. The summed E-state index contributed by atoms with van der Waals surface area (Å²) in [5.74, 6) is 1.51. The van der Waals surface area contributed by atoms with Crippen LogP contribution in [0.5, 0.6) is 11.5 Å². The quantitative estimate of drug-likeness (QED) is 0.774. The van der Waals surface area contributed by atoms with Crippen molar-refractivity contribution in [2.24, 2.45) is 0 Å². The first-order chi connectivity index (χ1) is 9.92. The third kappa shape index (κ3) is 1.72. The van der Waals surface area contributed by atoms with Gasteiger partial charge in [-0.25, -0.2) is 4.98 Å². The summed E-state index contributed by atoms with van der Waals surface area (Å²) in [6.45, 7) is 0.270. The van der Waals surface area contributed by atoms with E-state index in [2.05, 4.69) is 15.0 Å². The van der Waals surface area contributed by atoms with Crippen LogP contribution < -0.4 is 9.47 Å². The lowest BCUT2D eigenvalue weighted by Crippen LogP contribution is -1.92. The van der Waals surface area contributed by atoms with E-state index in [1.54, 1.807) is 12.5 Å². The van der Waals surface area contributed by atoms with E-state index in [0.29, 0.717) is 0 Å². The number of hydrogen-bond acceptors (Lipinski definition) is 4. The highest BCUT2D eigenvalue weighted by atomic mass is 16.7. The number of benzene rings is 1. The van der Waals surface area contributed by atoms with Crippen molar-refractivity contribution in [2.75, 3.05) is 6.79 Å². The fourth-order valence-electron chi connectivity index (χ4n) is 2.26. The number of ether oxygens (including phenoxy) is 2. The molecule has 3 heterocycles. The highest BCUT2D eigenvalue weighted by molar-refractivity contribution is 5.77. The molecule has 0 aliphatic carbocycles. The second-order valence-electron chi connectivity index (χ2n) is 4.41. The monoisotopic (exact) mass is 265 g/mol. The molecule has 3 aromatic rings. The van der Waals surface area contributed by atoms with Gasteiger partial charge in [-0.2, -0.15) is 0 Å². The molecule has 0 bridgehead atoms. The molecular weight excluding hydrogens is 254 g/mol. The number of imidazole rings is 1.